The summed E-state index contributed by atoms with van der Waals surface area (Å²) in [6.45, 7) is 2.22. The first-order chi connectivity index (χ1) is 4.70. The summed E-state index contributed by atoms with van der Waals surface area (Å²) < 4.78 is 0. The maximum absolute atomic E-state index is 9.53. The van der Waals surface area contributed by atoms with Gasteiger partial charge in [0.05, 0.1) is 6.10 Å². The van der Waals surface area contributed by atoms with Gasteiger partial charge in [0.2, 0.25) is 0 Å². The molecule has 0 saturated heterocycles. The van der Waals surface area contributed by atoms with Crippen LogP contribution in [0.2, 0.25) is 0 Å². The Kier molecular flexibility index (Phi) is 1.29. The van der Waals surface area contributed by atoms with Crippen LogP contribution >= 0.6 is 0 Å². The number of aliphatic hydroxyl groups is 1. The van der Waals surface area contributed by atoms with Crippen molar-refractivity contribution < 1.29 is 5.11 Å². The van der Waals surface area contributed by atoms with Gasteiger partial charge in [-0.25, -0.2) is 0 Å². The summed E-state index contributed by atoms with van der Waals surface area (Å²) >= 11 is 0. The van der Waals surface area contributed by atoms with E-state index in [2.05, 4.69) is 6.92 Å². The lowest BCUT2D eigenvalue weighted by atomic mass is 9.85. The molecule has 10 heavy (non-hydrogen) atoms. The van der Waals surface area contributed by atoms with E-state index in [1.165, 1.54) is 12.8 Å². The van der Waals surface area contributed by atoms with Gasteiger partial charge in [-0.05, 0) is 30.6 Å². The van der Waals surface area contributed by atoms with Gasteiger partial charge in [0.1, 0.15) is 0 Å². The van der Waals surface area contributed by atoms with Crippen molar-refractivity contribution in [1.29, 1.82) is 0 Å². The zero-order chi connectivity index (χ0) is 7.30. The van der Waals surface area contributed by atoms with Crippen LogP contribution in [0, 0.1) is 17.8 Å². The molecule has 2 nitrogen and oxygen atoms in total. The van der Waals surface area contributed by atoms with Crippen LogP contribution in [0.5, 0.6) is 0 Å². The third kappa shape index (κ3) is 0.663. The molecule has 2 saturated carbocycles. The first-order valence-electron chi connectivity index (χ1n) is 4.14. The van der Waals surface area contributed by atoms with E-state index in [4.69, 9.17) is 5.73 Å². The number of hydrogen-bond donors (Lipinski definition) is 2. The first kappa shape index (κ1) is 6.62. The summed E-state index contributed by atoms with van der Waals surface area (Å²) in [7, 11) is 0. The highest BCUT2D eigenvalue weighted by Crippen LogP contribution is 2.47. The molecule has 0 aliphatic heterocycles. The van der Waals surface area contributed by atoms with E-state index in [0.29, 0.717) is 17.8 Å². The lowest BCUT2D eigenvalue weighted by Crippen LogP contribution is -2.42. The normalized spacial score (nSPS) is 59.7. The monoisotopic (exact) mass is 141 g/mol. The molecule has 0 aromatic rings. The smallest absolute Gasteiger partial charge is 0.0724 e. The highest BCUT2D eigenvalue weighted by Gasteiger charge is 2.48. The average Bonchev–Trinajstić information content (AvgIpc) is 2.36. The van der Waals surface area contributed by atoms with Gasteiger partial charge >= 0.3 is 0 Å². The van der Waals surface area contributed by atoms with Gasteiger partial charge in [-0.2, -0.15) is 0 Å². The molecule has 2 rings (SSSR count). The molecular weight excluding hydrogens is 126 g/mol. The van der Waals surface area contributed by atoms with Crippen LogP contribution in [0.25, 0.3) is 0 Å². The molecule has 58 valence electrons. The minimum atomic E-state index is -0.200. The van der Waals surface area contributed by atoms with E-state index in [9.17, 15) is 5.11 Å². The summed E-state index contributed by atoms with van der Waals surface area (Å²) in [6.07, 6.45) is 2.21. The number of nitrogens with two attached hydrogens (primary N) is 1. The highest BCUT2D eigenvalue weighted by molar-refractivity contribution is 5.01. The Morgan fingerprint density at radius 3 is 2.50 bits per heavy atom. The molecule has 3 N–H and O–H groups in total. The zero-order valence-electron chi connectivity index (χ0n) is 6.33. The van der Waals surface area contributed by atoms with Crippen LogP contribution in [-0.2, 0) is 0 Å². The van der Waals surface area contributed by atoms with E-state index in [-0.39, 0.29) is 12.1 Å². The third-order valence-electron chi connectivity index (χ3n) is 3.36. The van der Waals surface area contributed by atoms with Crippen molar-refractivity contribution in [1.82, 2.24) is 0 Å². The molecule has 2 aliphatic rings. The molecule has 0 aromatic heterocycles. The van der Waals surface area contributed by atoms with E-state index in [1.807, 2.05) is 0 Å². The molecule has 5 atom stereocenters. The predicted molar refractivity (Wildman–Crippen MR) is 39.4 cm³/mol. The number of aliphatic hydroxyl groups excluding tert-OH is 1. The van der Waals surface area contributed by atoms with Crippen molar-refractivity contribution in [2.45, 2.75) is 31.9 Å². The van der Waals surface area contributed by atoms with Crippen LogP contribution in [0.1, 0.15) is 19.8 Å². The SMILES string of the molecule is C[C@H]1CC2CC1C(O)C2N. The van der Waals surface area contributed by atoms with E-state index < -0.39 is 0 Å². The molecule has 0 spiro atoms. The van der Waals surface area contributed by atoms with Crippen LogP contribution in [-0.4, -0.2) is 17.3 Å². The van der Waals surface area contributed by atoms with Crippen LogP contribution < -0.4 is 5.73 Å². The second-order valence-corrected chi connectivity index (χ2v) is 3.94. The first-order valence-corrected chi connectivity index (χ1v) is 4.14. The van der Waals surface area contributed by atoms with Crippen molar-refractivity contribution in [3.63, 3.8) is 0 Å². The Hall–Kier alpha value is -0.0800. The van der Waals surface area contributed by atoms with Crippen molar-refractivity contribution in [3.8, 4) is 0 Å². The predicted octanol–water partition coefficient (Wildman–Crippen LogP) is 0.350. The lowest BCUT2D eigenvalue weighted by molar-refractivity contribution is 0.0690. The summed E-state index contributed by atoms with van der Waals surface area (Å²) in [5.74, 6) is 1.84. The van der Waals surface area contributed by atoms with Gasteiger partial charge in [0.15, 0.2) is 0 Å². The fourth-order valence-corrected chi connectivity index (χ4v) is 2.69. The van der Waals surface area contributed by atoms with E-state index >= 15 is 0 Å². The van der Waals surface area contributed by atoms with E-state index in [0.717, 1.165) is 0 Å². The van der Waals surface area contributed by atoms with Crippen LogP contribution in [0.4, 0.5) is 0 Å². The molecule has 4 unspecified atom stereocenters. The standard InChI is InChI=1S/C8H15NO/c1-4-2-5-3-6(4)8(10)7(5)9/h4-8,10H,2-3,9H2,1H3/t4-,5?,6?,7?,8?/m0/s1. The van der Waals surface area contributed by atoms with Gasteiger partial charge in [0.25, 0.3) is 0 Å². The quantitative estimate of drug-likeness (QED) is 0.511. The molecule has 2 aliphatic carbocycles. The Balaban J connectivity index is 2.16. The third-order valence-corrected chi connectivity index (χ3v) is 3.36. The minimum Gasteiger partial charge on any atom is -0.391 e. The maximum Gasteiger partial charge on any atom is 0.0724 e. The van der Waals surface area contributed by atoms with Crippen LogP contribution in [0.3, 0.4) is 0 Å². The van der Waals surface area contributed by atoms with Crippen LogP contribution in [0.15, 0.2) is 0 Å². The van der Waals surface area contributed by atoms with Gasteiger partial charge in [0, 0.05) is 6.04 Å². The average molecular weight is 141 g/mol. The molecule has 0 heterocycles. The molecular formula is C8H15NO. The fraction of sp³-hybridized carbons (Fsp3) is 1.00. The molecule has 2 heteroatoms. The Labute approximate surface area is 61.4 Å². The molecule has 2 bridgehead atoms. The van der Waals surface area contributed by atoms with Gasteiger partial charge in [-0.15, -0.1) is 0 Å². The van der Waals surface area contributed by atoms with Crippen molar-refractivity contribution in [3.05, 3.63) is 0 Å². The lowest BCUT2D eigenvalue weighted by Gasteiger charge is -2.27. The second-order valence-electron chi connectivity index (χ2n) is 3.94. The van der Waals surface area contributed by atoms with Crippen molar-refractivity contribution in [2.75, 3.05) is 0 Å². The highest BCUT2D eigenvalue weighted by atomic mass is 16.3. The Morgan fingerprint density at radius 1 is 1.40 bits per heavy atom. The Bertz CT molecular complexity index is 146. The summed E-state index contributed by atoms with van der Waals surface area (Å²) in [5, 5.41) is 9.53. The van der Waals surface area contributed by atoms with E-state index in [1.54, 1.807) is 0 Å². The summed E-state index contributed by atoms with van der Waals surface area (Å²) in [4.78, 5) is 0. The summed E-state index contributed by atoms with van der Waals surface area (Å²) in [5.41, 5.74) is 5.78. The number of fused-ring (bicyclic) bond motifs is 2. The van der Waals surface area contributed by atoms with Crippen molar-refractivity contribution >= 4 is 0 Å². The summed E-state index contributed by atoms with van der Waals surface area (Å²) in [6, 6.07) is 0.0844. The second kappa shape index (κ2) is 1.95. The molecule has 2 fully saturated rings. The van der Waals surface area contributed by atoms with Crippen molar-refractivity contribution in [2.24, 2.45) is 23.5 Å². The maximum atomic E-state index is 9.53. The Morgan fingerprint density at radius 2 is 2.10 bits per heavy atom. The molecule has 0 amide bonds. The fourth-order valence-electron chi connectivity index (χ4n) is 2.69. The van der Waals surface area contributed by atoms with Gasteiger partial charge < -0.3 is 10.8 Å². The number of hydrogen-bond acceptors (Lipinski definition) is 2. The topological polar surface area (TPSA) is 46.2 Å². The molecule has 0 aromatic carbocycles. The van der Waals surface area contributed by atoms with Gasteiger partial charge in [-0.1, -0.05) is 6.92 Å². The number of rotatable bonds is 0. The molecule has 0 radical (unpaired) electrons. The van der Waals surface area contributed by atoms with Gasteiger partial charge in [-0.3, -0.25) is 0 Å². The largest absolute Gasteiger partial charge is 0.391 e. The zero-order valence-corrected chi connectivity index (χ0v) is 6.33. The minimum absolute atomic E-state index is 0.0844.